The Labute approximate surface area is 195 Å². The predicted molar refractivity (Wildman–Crippen MR) is 120 cm³/mol. The number of ether oxygens (including phenoxy) is 2. The first-order chi connectivity index (χ1) is 16.2. The molecule has 1 aliphatic rings. The molecule has 1 aliphatic heterocycles. The molecule has 3 aromatic rings. The summed E-state index contributed by atoms with van der Waals surface area (Å²) >= 11 is 0. The van der Waals surface area contributed by atoms with E-state index < -0.39 is 12.6 Å². The lowest BCUT2D eigenvalue weighted by molar-refractivity contribution is -0.306. The minimum atomic E-state index is -2.98. The van der Waals surface area contributed by atoms with Gasteiger partial charge in [0.25, 0.3) is 0 Å². The Hall–Kier alpha value is -3.75. The van der Waals surface area contributed by atoms with Crippen LogP contribution in [0.25, 0.3) is 11.1 Å². The van der Waals surface area contributed by atoms with E-state index in [0.717, 1.165) is 33.5 Å². The van der Waals surface area contributed by atoms with E-state index in [0.29, 0.717) is 30.3 Å². The standard InChI is InChI=1S/C25H25F2N3O4/c1-13-16(11-28-18-7-8-20-17(9-22(31)32)12-33-21(20)10-18)5-4-6-19(13)23-14(2)29-25(30-15(23)3)34-24(26)27/h4-8,10,17,24,28H,9,11-12H2,1-3H3,(H,31,32)/p-1/t17-/m1/s1. The summed E-state index contributed by atoms with van der Waals surface area (Å²) in [7, 11) is 0. The van der Waals surface area contributed by atoms with Crippen molar-refractivity contribution in [3.63, 3.8) is 0 Å². The molecule has 0 radical (unpaired) electrons. The van der Waals surface area contributed by atoms with Crippen molar-refractivity contribution in [2.24, 2.45) is 0 Å². The van der Waals surface area contributed by atoms with Crippen molar-refractivity contribution in [3.8, 4) is 22.9 Å². The molecule has 0 amide bonds. The molecule has 1 N–H and O–H groups in total. The molecule has 1 aromatic heterocycles. The fourth-order valence-electron chi connectivity index (χ4n) is 4.31. The quantitative estimate of drug-likeness (QED) is 0.536. The highest BCUT2D eigenvalue weighted by Gasteiger charge is 2.24. The number of carboxylic acid groups (broad SMARTS) is 1. The van der Waals surface area contributed by atoms with Gasteiger partial charge in [0.1, 0.15) is 5.75 Å². The lowest BCUT2D eigenvalue weighted by Crippen LogP contribution is -2.24. The average Bonchev–Trinajstić information content (AvgIpc) is 3.14. The number of carbonyl (C=O) groups is 1. The Bertz CT molecular complexity index is 1210. The molecule has 4 rings (SSSR count). The molecular formula is C25H24F2N3O4-. The molecule has 0 spiro atoms. The van der Waals surface area contributed by atoms with Gasteiger partial charge >= 0.3 is 12.6 Å². The first kappa shape index (κ1) is 23.4. The van der Waals surface area contributed by atoms with Crippen molar-refractivity contribution < 1.29 is 28.2 Å². The summed E-state index contributed by atoms with van der Waals surface area (Å²) in [6.07, 6.45) is -0.0659. The molecule has 0 aliphatic carbocycles. The number of carbonyl (C=O) groups excluding carboxylic acids is 1. The Morgan fingerprint density at radius 2 is 1.94 bits per heavy atom. The van der Waals surface area contributed by atoms with Crippen molar-refractivity contribution in [2.45, 2.75) is 46.3 Å². The number of aromatic nitrogens is 2. The summed E-state index contributed by atoms with van der Waals surface area (Å²) in [5.41, 5.74) is 6.59. The number of anilines is 1. The van der Waals surface area contributed by atoms with Crippen LogP contribution in [0.1, 0.15) is 40.4 Å². The minimum absolute atomic E-state index is 0.0659. The number of benzene rings is 2. The van der Waals surface area contributed by atoms with Crippen molar-refractivity contribution in [3.05, 3.63) is 64.5 Å². The molecule has 9 heteroatoms. The van der Waals surface area contributed by atoms with E-state index >= 15 is 0 Å². The van der Waals surface area contributed by atoms with Crippen molar-refractivity contribution in [2.75, 3.05) is 11.9 Å². The molecular weight excluding hydrogens is 444 g/mol. The van der Waals surface area contributed by atoms with Gasteiger partial charge in [-0.1, -0.05) is 24.3 Å². The van der Waals surface area contributed by atoms with Crippen LogP contribution in [0, 0.1) is 20.8 Å². The fraction of sp³-hybridized carbons (Fsp3) is 0.320. The smallest absolute Gasteiger partial charge is 0.389 e. The van der Waals surface area contributed by atoms with Gasteiger partial charge in [-0.25, -0.2) is 0 Å². The molecule has 178 valence electrons. The van der Waals surface area contributed by atoms with Gasteiger partial charge in [0.15, 0.2) is 0 Å². The summed E-state index contributed by atoms with van der Waals surface area (Å²) in [6.45, 7) is 3.36. The van der Waals surface area contributed by atoms with E-state index in [1.54, 1.807) is 13.8 Å². The Balaban J connectivity index is 1.53. The summed E-state index contributed by atoms with van der Waals surface area (Å²) in [6, 6.07) is 11.2. The highest BCUT2D eigenvalue weighted by Crippen LogP contribution is 2.38. The number of hydrogen-bond donors (Lipinski definition) is 1. The predicted octanol–water partition coefficient (Wildman–Crippen LogP) is 3.90. The largest absolute Gasteiger partial charge is 0.550 e. The topological polar surface area (TPSA) is 96.4 Å². The third-order valence-electron chi connectivity index (χ3n) is 5.95. The molecule has 0 bridgehead atoms. The first-order valence-corrected chi connectivity index (χ1v) is 10.8. The maximum atomic E-state index is 12.5. The average molecular weight is 468 g/mol. The number of aliphatic carboxylic acids is 1. The summed E-state index contributed by atoms with van der Waals surface area (Å²) in [4.78, 5) is 19.1. The van der Waals surface area contributed by atoms with E-state index in [1.807, 2.05) is 43.3 Å². The van der Waals surface area contributed by atoms with E-state index in [1.165, 1.54) is 0 Å². The number of hydrogen-bond acceptors (Lipinski definition) is 7. The molecule has 2 heterocycles. The van der Waals surface area contributed by atoms with E-state index in [4.69, 9.17) is 4.74 Å². The molecule has 7 nitrogen and oxygen atoms in total. The van der Waals surface area contributed by atoms with Crippen LogP contribution in [0.4, 0.5) is 14.5 Å². The minimum Gasteiger partial charge on any atom is -0.550 e. The van der Waals surface area contributed by atoms with Crippen LogP contribution >= 0.6 is 0 Å². The van der Waals surface area contributed by atoms with Gasteiger partial charge in [-0.3, -0.25) is 0 Å². The molecule has 34 heavy (non-hydrogen) atoms. The third-order valence-corrected chi connectivity index (χ3v) is 5.95. The number of aryl methyl sites for hydroxylation is 2. The zero-order chi connectivity index (χ0) is 24.4. The number of alkyl halides is 2. The monoisotopic (exact) mass is 468 g/mol. The Morgan fingerprint density at radius 3 is 2.62 bits per heavy atom. The second-order valence-electron chi connectivity index (χ2n) is 8.21. The normalized spacial score (nSPS) is 14.6. The number of carboxylic acids is 1. The third kappa shape index (κ3) is 4.93. The fourth-order valence-corrected chi connectivity index (χ4v) is 4.31. The summed E-state index contributed by atoms with van der Waals surface area (Å²) < 4.78 is 35.1. The molecule has 2 aromatic carbocycles. The van der Waals surface area contributed by atoms with E-state index in [9.17, 15) is 18.7 Å². The Kier molecular flexibility index (Phi) is 6.63. The van der Waals surface area contributed by atoms with Crippen LogP contribution < -0.4 is 19.9 Å². The van der Waals surface area contributed by atoms with Gasteiger partial charge in [-0.05, 0) is 49.9 Å². The van der Waals surface area contributed by atoms with Crippen molar-refractivity contribution >= 4 is 11.7 Å². The van der Waals surface area contributed by atoms with Crippen molar-refractivity contribution in [1.29, 1.82) is 0 Å². The number of fused-ring (bicyclic) bond motifs is 1. The van der Waals surface area contributed by atoms with Crippen LogP contribution in [0.5, 0.6) is 11.8 Å². The lowest BCUT2D eigenvalue weighted by atomic mass is 9.94. The second kappa shape index (κ2) is 9.62. The number of halogens is 2. The van der Waals surface area contributed by atoms with Gasteiger partial charge < -0.3 is 24.7 Å². The van der Waals surface area contributed by atoms with Crippen molar-refractivity contribution in [1.82, 2.24) is 9.97 Å². The van der Waals surface area contributed by atoms with Crippen LogP contribution in [-0.4, -0.2) is 29.2 Å². The SMILES string of the molecule is Cc1nc(OC(F)F)nc(C)c1-c1cccc(CNc2ccc3c(c2)OC[C@H]3CC(=O)[O-])c1C. The van der Waals surface area contributed by atoms with Crippen LogP contribution in [0.2, 0.25) is 0 Å². The highest BCUT2D eigenvalue weighted by atomic mass is 19.3. The molecule has 0 saturated carbocycles. The van der Waals surface area contributed by atoms with E-state index in [2.05, 4.69) is 20.0 Å². The maximum Gasteiger partial charge on any atom is 0.389 e. The van der Waals surface area contributed by atoms with Crippen LogP contribution in [0.3, 0.4) is 0 Å². The van der Waals surface area contributed by atoms with Gasteiger partial charge in [0.2, 0.25) is 0 Å². The molecule has 1 atom stereocenters. The zero-order valence-corrected chi connectivity index (χ0v) is 19.0. The summed E-state index contributed by atoms with van der Waals surface area (Å²) in [5.74, 6) is -0.610. The molecule has 0 saturated heterocycles. The highest BCUT2D eigenvalue weighted by molar-refractivity contribution is 5.73. The Morgan fingerprint density at radius 1 is 1.21 bits per heavy atom. The molecule has 0 fully saturated rings. The van der Waals surface area contributed by atoms with Gasteiger partial charge in [-0.15, -0.1) is 0 Å². The van der Waals surface area contributed by atoms with Crippen LogP contribution in [0.15, 0.2) is 36.4 Å². The van der Waals surface area contributed by atoms with Gasteiger partial charge in [0.05, 0.1) is 18.0 Å². The zero-order valence-electron chi connectivity index (χ0n) is 19.0. The first-order valence-electron chi connectivity index (χ1n) is 10.8. The summed E-state index contributed by atoms with van der Waals surface area (Å²) in [5, 5.41) is 14.3. The van der Waals surface area contributed by atoms with E-state index in [-0.39, 0.29) is 18.3 Å². The maximum absolute atomic E-state index is 12.5. The van der Waals surface area contributed by atoms with Gasteiger partial charge in [0, 0.05) is 41.3 Å². The lowest BCUT2D eigenvalue weighted by Gasteiger charge is -2.16. The number of nitrogens with zero attached hydrogens (tertiary/aromatic N) is 2. The molecule has 0 unspecified atom stereocenters. The number of nitrogens with one attached hydrogen (secondary N) is 1. The van der Waals surface area contributed by atoms with Gasteiger partial charge in [-0.2, -0.15) is 18.7 Å². The number of rotatable bonds is 8. The van der Waals surface area contributed by atoms with Crippen LogP contribution in [-0.2, 0) is 11.3 Å². The second-order valence-corrected chi connectivity index (χ2v) is 8.21.